The lowest BCUT2D eigenvalue weighted by atomic mass is 9.76. The zero-order valence-corrected chi connectivity index (χ0v) is 17.4. The van der Waals surface area contributed by atoms with Crippen LogP contribution in [0.2, 0.25) is 5.02 Å². The number of methoxy groups -OCH3 is 1. The van der Waals surface area contributed by atoms with Crippen LogP contribution in [0.3, 0.4) is 0 Å². The lowest BCUT2D eigenvalue weighted by Crippen LogP contribution is -2.58. The van der Waals surface area contributed by atoms with E-state index in [0.717, 1.165) is 17.3 Å². The van der Waals surface area contributed by atoms with Crippen molar-refractivity contribution < 1.29 is 19.3 Å². The van der Waals surface area contributed by atoms with E-state index in [0.29, 0.717) is 5.02 Å². The third-order valence-corrected chi connectivity index (χ3v) is 6.26. The Bertz CT molecular complexity index is 1150. The van der Waals surface area contributed by atoms with Gasteiger partial charge in [0.2, 0.25) is 5.72 Å². The van der Waals surface area contributed by atoms with Crippen LogP contribution in [0.4, 0.5) is 17.1 Å². The molecule has 0 saturated heterocycles. The Labute approximate surface area is 176 Å². The van der Waals surface area contributed by atoms with Crippen LogP contribution >= 0.6 is 11.6 Å². The maximum absolute atomic E-state index is 11.7. The highest BCUT2D eigenvalue weighted by Gasteiger charge is 2.59. The van der Waals surface area contributed by atoms with E-state index in [4.69, 9.17) is 21.1 Å². The monoisotopic (exact) mass is 431 g/mol. The maximum Gasteiger partial charge on any atom is 0.357 e. The minimum atomic E-state index is -1.08. The van der Waals surface area contributed by atoms with E-state index in [-0.39, 0.29) is 17.1 Å². The largest absolute Gasteiger partial charge is 0.493 e. The predicted octanol–water partition coefficient (Wildman–Crippen LogP) is 4.69. The summed E-state index contributed by atoms with van der Waals surface area (Å²) in [6.07, 6.45) is 3.17. The summed E-state index contributed by atoms with van der Waals surface area (Å²) in [4.78, 5) is 23.4. The second-order valence-corrected chi connectivity index (χ2v) is 8.06. The lowest BCUT2D eigenvalue weighted by molar-refractivity contribution is -0.422. The molecule has 0 amide bonds. The molecule has 30 heavy (non-hydrogen) atoms. The molecule has 0 aromatic heterocycles. The Hall–Kier alpha value is -3.33. The Balaban J connectivity index is 1.99. The van der Waals surface area contributed by atoms with Crippen molar-refractivity contribution in [3.8, 4) is 11.5 Å². The predicted molar refractivity (Wildman–Crippen MR) is 112 cm³/mol. The first-order valence-corrected chi connectivity index (χ1v) is 9.39. The van der Waals surface area contributed by atoms with Crippen LogP contribution in [0.5, 0.6) is 11.5 Å². The smallest absolute Gasteiger partial charge is 0.357 e. The number of ether oxygens (including phenoxy) is 2. The van der Waals surface area contributed by atoms with Gasteiger partial charge in [0.05, 0.1) is 39.1 Å². The third-order valence-electron chi connectivity index (χ3n) is 5.96. The van der Waals surface area contributed by atoms with Gasteiger partial charge in [-0.2, -0.15) is 0 Å². The summed E-state index contributed by atoms with van der Waals surface area (Å²) in [5.41, 5.74) is -1.28. The zero-order chi connectivity index (χ0) is 22.0. The third kappa shape index (κ3) is 2.35. The van der Waals surface area contributed by atoms with Gasteiger partial charge in [0.15, 0.2) is 11.5 Å². The van der Waals surface area contributed by atoms with Gasteiger partial charge in [-0.1, -0.05) is 23.7 Å². The molecule has 10 heteroatoms. The average Bonchev–Trinajstić information content (AvgIpc) is 2.85. The van der Waals surface area contributed by atoms with Gasteiger partial charge in [-0.05, 0) is 37.6 Å². The van der Waals surface area contributed by atoms with Gasteiger partial charge in [-0.3, -0.25) is 20.2 Å². The molecule has 4 rings (SSSR count). The fourth-order valence-corrected chi connectivity index (χ4v) is 4.72. The van der Waals surface area contributed by atoms with Crippen LogP contribution in [-0.4, -0.2) is 29.7 Å². The van der Waals surface area contributed by atoms with Gasteiger partial charge in [-0.15, -0.1) is 0 Å². The topological polar surface area (TPSA) is 108 Å². The number of rotatable bonds is 3. The molecule has 2 heterocycles. The van der Waals surface area contributed by atoms with Crippen molar-refractivity contribution in [3.63, 3.8) is 0 Å². The van der Waals surface area contributed by atoms with Crippen LogP contribution in [0, 0.1) is 20.2 Å². The molecule has 0 saturated carbocycles. The summed E-state index contributed by atoms with van der Waals surface area (Å²) < 4.78 is 11.7. The summed E-state index contributed by atoms with van der Waals surface area (Å²) in [6, 6.07) is 6.60. The molecule has 1 spiro atoms. The molecule has 2 aromatic carbocycles. The fourth-order valence-electron chi connectivity index (χ4n) is 4.42. The highest BCUT2D eigenvalue weighted by Crippen LogP contribution is 2.58. The SMILES string of the molecule is COc1cc([N+](=O)[O-])c([N+](=O)[O-])c2c1OC1(C=C2)N(C)c2c(Cl)cccc2C1(C)C. The summed E-state index contributed by atoms with van der Waals surface area (Å²) in [5.74, 6) is 0.110. The molecular formula is C20H18ClN3O6. The van der Waals surface area contributed by atoms with E-state index in [1.54, 1.807) is 12.1 Å². The standard InChI is InChI=1S/C20H18ClN3O6/c1-19(2)12-6-5-7-13(21)17(12)22(3)20(19)9-8-11-16(24(27)28)14(23(25)26)10-15(29-4)18(11)30-20/h5-10H,1-4H3. The van der Waals surface area contributed by atoms with Gasteiger partial charge in [0.1, 0.15) is 5.56 Å². The van der Waals surface area contributed by atoms with Crippen molar-refractivity contribution in [1.82, 2.24) is 0 Å². The van der Waals surface area contributed by atoms with Crippen LogP contribution in [0.15, 0.2) is 30.3 Å². The number of para-hydroxylation sites is 1. The zero-order valence-electron chi connectivity index (χ0n) is 16.6. The Morgan fingerprint density at radius 3 is 2.47 bits per heavy atom. The summed E-state index contributed by atoms with van der Waals surface area (Å²) in [6.45, 7) is 3.96. The number of hydrogen-bond donors (Lipinski definition) is 0. The number of fused-ring (bicyclic) bond motifs is 2. The first kappa shape index (κ1) is 20.0. The van der Waals surface area contributed by atoms with E-state index in [9.17, 15) is 20.2 Å². The van der Waals surface area contributed by atoms with Gasteiger partial charge >= 0.3 is 11.4 Å². The quantitative estimate of drug-likeness (QED) is 0.512. The molecule has 0 bridgehead atoms. The minimum Gasteiger partial charge on any atom is -0.493 e. The maximum atomic E-state index is 11.7. The van der Waals surface area contributed by atoms with Crippen molar-refractivity contribution in [1.29, 1.82) is 0 Å². The molecule has 156 valence electrons. The van der Waals surface area contributed by atoms with Gasteiger partial charge < -0.3 is 14.4 Å². The second kappa shape index (κ2) is 6.33. The lowest BCUT2D eigenvalue weighted by Gasteiger charge is -2.45. The van der Waals surface area contributed by atoms with Crippen LogP contribution in [0.25, 0.3) is 6.08 Å². The Kier molecular flexibility index (Phi) is 4.21. The first-order chi connectivity index (χ1) is 14.1. The average molecular weight is 432 g/mol. The Morgan fingerprint density at radius 2 is 1.90 bits per heavy atom. The van der Waals surface area contributed by atoms with Gasteiger partial charge in [0, 0.05) is 7.05 Å². The van der Waals surface area contributed by atoms with Gasteiger partial charge in [0.25, 0.3) is 0 Å². The highest BCUT2D eigenvalue weighted by atomic mass is 35.5. The summed E-state index contributed by atoms with van der Waals surface area (Å²) in [5, 5.41) is 23.6. The molecule has 0 fully saturated rings. The van der Waals surface area contributed by atoms with Crippen molar-refractivity contribution in [2.75, 3.05) is 19.1 Å². The van der Waals surface area contributed by atoms with E-state index >= 15 is 0 Å². The molecule has 1 atom stereocenters. The number of halogens is 1. The van der Waals surface area contributed by atoms with Crippen molar-refractivity contribution in [2.24, 2.45) is 0 Å². The molecule has 2 aromatic rings. The molecule has 2 aliphatic heterocycles. The van der Waals surface area contributed by atoms with Crippen molar-refractivity contribution >= 4 is 34.7 Å². The molecular weight excluding hydrogens is 414 g/mol. The number of anilines is 1. The number of nitro groups is 2. The van der Waals surface area contributed by atoms with Crippen LogP contribution in [-0.2, 0) is 5.41 Å². The highest BCUT2D eigenvalue weighted by molar-refractivity contribution is 6.33. The van der Waals surface area contributed by atoms with Gasteiger partial charge in [-0.25, -0.2) is 0 Å². The number of hydrogen-bond acceptors (Lipinski definition) is 7. The van der Waals surface area contributed by atoms with Crippen LogP contribution < -0.4 is 14.4 Å². The first-order valence-electron chi connectivity index (χ1n) is 9.01. The van der Waals surface area contributed by atoms with Crippen molar-refractivity contribution in [2.45, 2.75) is 25.0 Å². The van der Waals surface area contributed by atoms with E-state index < -0.39 is 32.4 Å². The summed E-state index contributed by atoms with van der Waals surface area (Å²) >= 11 is 6.47. The molecule has 0 radical (unpaired) electrons. The number of nitro benzene ring substituents is 2. The van der Waals surface area contributed by atoms with E-state index in [2.05, 4.69) is 0 Å². The molecule has 1 unspecified atom stereocenters. The minimum absolute atomic E-state index is 0.0112. The number of nitrogens with zero attached hydrogens (tertiary/aromatic N) is 3. The van der Waals surface area contributed by atoms with Crippen molar-refractivity contribution in [3.05, 3.63) is 66.7 Å². The molecule has 0 aliphatic carbocycles. The van der Waals surface area contributed by atoms with E-state index in [1.165, 1.54) is 13.2 Å². The Morgan fingerprint density at radius 1 is 1.20 bits per heavy atom. The van der Waals surface area contributed by atoms with Crippen LogP contribution in [0.1, 0.15) is 25.0 Å². The number of benzene rings is 2. The fraction of sp³-hybridized carbons (Fsp3) is 0.300. The summed E-state index contributed by atoms with van der Waals surface area (Å²) in [7, 11) is 3.15. The molecule has 9 nitrogen and oxygen atoms in total. The van der Waals surface area contributed by atoms with E-state index in [1.807, 2.05) is 37.9 Å². The normalized spacial score (nSPS) is 20.5. The second-order valence-electron chi connectivity index (χ2n) is 7.66. The number of likely N-dealkylation sites (N-methyl/N-ethyl adjacent to an activating group) is 1. The molecule has 0 N–H and O–H groups in total. The molecule has 2 aliphatic rings.